The van der Waals surface area contributed by atoms with E-state index in [1.807, 2.05) is 0 Å². The largest absolute Gasteiger partial charge is 0.455 e. The molecule has 0 atom stereocenters. The Morgan fingerprint density at radius 1 is 1.00 bits per heavy atom. The summed E-state index contributed by atoms with van der Waals surface area (Å²) in [5, 5.41) is 3.29. The van der Waals surface area contributed by atoms with Gasteiger partial charge in [-0.3, -0.25) is 23.4 Å². The van der Waals surface area contributed by atoms with E-state index in [9.17, 15) is 39.9 Å². The highest BCUT2D eigenvalue weighted by Gasteiger charge is 2.57. The van der Waals surface area contributed by atoms with Gasteiger partial charge in [0.05, 0.1) is 23.6 Å². The minimum absolute atomic E-state index is 0.114. The number of pyridine rings is 1. The van der Waals surface area contributed by atoms with Crippen LogP contribution in [0.25, 0.3) is 22.6 Å². The summed E-state index contributed by atoms with van der Waals surface area (Å²) in [7, 11) is 0. The van der Waals surface area contributed by atoms with Crippen molar-refractivity contribution in [3.8, 4) is 16.8 Å². The molecule has 0 aliphatic carbocycles. The average molecular weight is 492 g/mol. The maximum Gasteiger partial charge on any atom is 0.455 e. The molecule has 4 aromatic heterocycles. The molecule has 0 amide bonds. The Morgan fingerprint density at radius 3 is 2.29 bits per heavy atom. The van der Waals surface area contributed by atoms with Crippen molar-refractivity contribution in [3.05, 3.63) is 64.9 Å². The summed E-state index contributed by atoms with van der Waals surface area (Å²) in [6, 6.07) is 3.05. The van der Waals surface area contributed by atoms with Gasteiger partial charge in [0.1, 0.15) is 6.54 Å². The highest BCUT2D eigenvalue weighted by Crippen LogP contribution is 2.38. The van der Waals surface area contributed by atoms with E-state index in [-0.39, 0.29) is 4.68 Å². The highest BCUT2D eigenvalue weighted by atomic mass is 19.4. The number of fused-ring (bicyclic) bond motifs is 1. The lowest BCUT2D eigenvalue weighted by atomic mass is 10.1. The molecule has 0 aliphatic heterocycles. The smallest absolute Gasteiger partial charge is 0.281 e. The van der Waals surface area contributed by atoms with Crippen LogP contribution < -0.4 is 5.56 Å². The van der Waals surface area contributed by atoms with Gasteiger partial charge in [-0.15, -0.1) is 0 Å². The maximum absolute atomic E-state index is 13.9. The fraction of sp³-hybridized carbons (Fsp3) is 0.263. The molecule has 0 radical (unpaired) electrons. The Morgan fingerprint density at radius 2 is 1.71 bits per heavy atom. The highest BCUT2D eigenvalue weighted by molar-refractivity contribution is 5.66. The summed E-state index contributed by atoms with van der Waals surface area (Å²) < 4.78 is 108. The van der Waals surface area contributed by atoms with Gasteiger partial charge in [-0.05, 0) is 19.1 Å². The lowest BCUT2D eigenvalue weighted by Gasteiger charge is -2.19. The topological polar surface area (TPSA) is 70.0 Å². The fourth-order valence-corrected chi connectivity index (χ4v) is 3.34. The van der Waals surface area contributed by atoms with Crippen molar-refractivity contribution in [2.75, 3.05) is 0 Å². The lowest BCUT2D eigenvalue weighted by Crippen LogP contribution is -2.40. The van der Waals surface area contributed by atoms with E-state index >= 15 is 0 Å². The number of aromatic nitrogens is 6. The number of rotatable bonds is 4. The normalized spacial score (nSPS) is 13.1. The van der Waals surface area contributed by atoms with Gasteiger partial charge in [-0.2, -0.15) is 40.2 Å². The van der Waals surface area contributed by atoms with Gasteiger partial charge in [0.15, 0.2) is 5.69 Å². The van der Waals surface area contributed by atoms with Crippen LogP contribution in [-0.2, 0) is 12.7 Å². The van der Waals surface area contributed by atoms with Crippen LogP contribution in [0, 0.1) is 6.92 Å². The predicted molar refractivity (Wildman–Crippen MR) is 101 cm³/mol. The second-order valence-corrected chi connectivity index (χ2v) is 7.25. The monoisotopic (exact) mass is 492 g/mol. The van der Waals surface area contributed by atoms with Crippen molar-refractivity contribution in [2.45, 2.75) is 31.7 Å². The third-order valence-electron chi connectivity index (χ3n) is 4.84. The van der Waals surface area contributed by atoms with E-state index in [4.69, 9.17) is 0 Å². The number of nitrogens with zero attached hydrogens (tertiary/aromatic N) is 6. The molecule has 0 fully saturated rings. The molecule has 180 valence electrons. The van der Waals surface area contributed by atoms with Crippen LogP contribution in [0.4, 0.5) is 35.1 Å². The van der Waals surface area contributed by atoms with Gasteiger partial charge in [0.2, 0.25) is 5.78 Å². The summed E-state index contributed by atoms with van der Waals surface area (Å²) >= 11 is 0. The molecule has 0 spiro atoms. The van der Waals surface area contributed by atoms with Crippen LogP contribution >= 0.6 is 0 Å². The molecular weight excluding hydrogens is 480 g/mol. The van der Waals surface area contributed by atoms with Crippen molar-refractivity contribution in [2.24, 2.45) is 0 Å². The van der Waals surface area contributed by atoms with Crippen molar-refractivity contribution in [1.82, 2.24) is 28.7 Å². The van der Waals surface area contributed by atoms with Gasteiger partial charge in [-0.25, -0.2) is 4.98 Å². The van der Waals surface area contributed by atoms with Gasteiger partial charge >= 0.3 is 18.3 Å². The molecule has 0 bridgehead atoms. The molecule has 4 aromatic rings. The summed E-state index contributed by atoms with van der Waals surface area (Å²) in [6.07, 6.45) is -5.98. The van der Waals surface area contributed by atoms with Crippen LogP contribution in [0.5, 0.6) is 0 Å². The molecule has 34 heavy (non-hydrogen) atoms. The summed E-state index contributed by atoms with van der Waals surface area (Å²) in [4.78, 5) is 20.6. The van der Waals surface area contributed by atoms with Gasteiger partial charge in [-0.1, -0.05) is 0 Å². The van der Waals surface area contributed by atoms with Crippen molar-refractivity contribution >= 4 is 5.78 Å². The number of imidazole rings is 1. The quantitative estimate of drug-likeness (QED) is 0.399. The molecule has 0 unspecified atom stereocenters. The van der Waals surface area contributed by atoms with Crippen LogP contribution in [-0.4, -0.2) is 40.8 Å². The zero-order valence-corrected chi connectivity index (χ0v) is 16.9. The molecule has 4 rings (SSSR count). The van der Waals surface area contributed by atoms with E-state index in [0.29, 0.717) is 23.8 Å². The van der Waals surface area contributed by atoms with Crippen LogP contribution in [0.3, 0.4) is 0 Å². The summed E-state index contributed by atoms with van der Waals surface area (Å²) in [5.41, 5.74) is -3.90. The number of halogens is 8. The zero-order valence-electron chi connectivity index (χ0n) is 16.9. The Labute approximate surface area is 183 Å². The second-order valence-electron chi connectivity index (χ2n) is 7.25. The molecule has 0 N–H and O–H groups in total. The molecule has 15 heteroatoms. The van der Waals surface area contributed by atoms with Crippen LogP contribution in [0.1, 0.15) is 11.4 Å². The van der Waals surface area contributed by atoms with Crippen LogP contribution in [0.2, 0.25) is 0 Å². The lowest BCUT2D eigenvalue weighted by molar-refractivity contribution is -0.287. The van der Waals surface area contributed by atoms with E-state index in [1.165, 1.54) is 42.2 Å². The van der Waals surface area contributed by atoms with E-state index in [2.05, 4.69) is 15.1 Å². The maximum atomic E-state index is 13.9. The number of aryl methyl sites for hydroxylation is 1. The molecule has 0 saturated carbocycles. The fourth-order valence-electron chi connectivity index (χ4n) is 3.34. The Kier molecular flexibility index (Phi) is 5.25. The first-order valence-corrected chi connectivity index (χ1v) is 9.30. The molecule has 0 aromatic carbocycles. The van der Waals surface area contributed by atoms with Crippen molar-refractivity contribution in [3.63, 3.8) is 0 Å². The van der Waals surface area contributed by atoms with E-state index in [1.54, 1.807) is 0 Å². The van der Waals surface area contributed by atoms with Crippen molar-refractivity contribution < 1.29 is 35.1 Å². The first-order valence-electron chi connectivity index (χ1n) is 9.30. The number of alkyl halides is 8. The Balaban J connectivity index is 1.92. The number of hydrogen-bond donors (Lipinski definition) is 0. The van der Waals surface area contributed by atoms with Gasteiger partial charge in [0.25, 0.3) is 5.56 Å². The zero-order chi connectivity index (χ0) is 25.1. The molecule has 7 nitrogen and oxygen atoms in total. The molecule has 0 aliphatic rings. The standard InChI is InChI=1S/C19H12F8N6O/c1-10-7-32-15(34)13(11-5-29-31(8-11)9-17(20,21)19(25,26)27)14(18(22,23)24)30-16(32)33(10)12-3-2-4-28-6-12/h2-8H,9H2,1H3. The minimum atomic E-state index is -5.90. The van der Waals surface area contributed by atoms with Crippen LogP contribution in [0.15, 0.2) is 47.9 Å². The SMILES string of the molecule is Cc1cn2c(=O)c(-c3cnn(CC(F)(F)C(F)(F)F)c3)c(C(F)(F)F)nc2n1-c1cccnc1. The molecular formula is C19H12F8N6O. The third-order valence-corrected chi connectivity index (χ3v) is 4.84. The number of hydrogen-bond acceptors (Lipinski definition) is 4. The second kappa shape index (κ2) is 7.63. The van der Waals surface area contributed by atoms with Crippen molar-refractivity contribution in [1.29, 1.82) is 0 Å². The molecule has 4 heterocycles. The first kappa shape index (κ1) is 23.4. The van der Waals surface area contributed by atoms with E-state index < -0.39 is 53.0 Å². The Bertz CT molecular complexity index is 1420. The van der Waals surface area contributed by atoms with E-state index in [0.717, 1.165) is 4.40 Å². The first-order chi connectivity index (χ1) is 15.7. The summed E-state index contributed by atoms with van der Waals surface area (Å²) in [5.74, 6) is -5.60. The predicted octanol–water partition coefficient (Wildman–Crippen LogP) is 4.27. The Hall–Kier alpha value is -3.78. The van der Waals surface area contributed by atoms with Gasteiger partial charge in [0, 0.05) is 29.8 Å². The molecule has 0 saturated heterocycles. The van der Waals surface area contributed by atoms with Gasteiger partial charge < -0.3 is 0 Å². The third kappa shape index (κ3) is 3.90. The summed E-state index contributed by atoms with van der Waals surface area (Å²) in [6.45, 7) is -0.476. The average Bonchev–Trinajstić information content (AvgIpc) is 3.30. The minimum Gasteiger partial charge on any atom is -0.281 e.